The van der Waals surface area contributed by atoms with Gasteiger partial charge in [0.15, 0.2) is 6.61 Å². The summed E-state index contributed by atoms with van der Waals surface area (Å²) in [5.74, 6) is -0.967. The van der Waals surface area contributed by atoms with Crippen molar-refractivity contribution in [3.05, 3.63) is 35.9 Å². The number of amides is 2. The maximum absolute atomic E-state index is 11.9. The van der Waals surface area contributed by atoms with Gasteiger partial charge in [-0.25, -0.2) is 0 Å². The molecule has 1 aliphatic rings. The van der Waals surface area contributed by atoms with Gasteiger partial charge >= 0.3 is 5.97 Å². The molecule has 1 atom stereocenters. The zero-order valence-electron chi connectivity index (χ0n) is 14.2. The fourth-order valence-corrected chi connectivity index (χ4v) is 2.27. The highest BCUT2D eigenvalue weighted by Gasteiger charge is 2.24. The van der Waals surface area contributed by atoms with Crippen LogP contribution in [0, 0.1) is 0 Å². The third kappa shape index (κ3) is 6.02. The Morgan fingerprint density at radius 1 is 1.25 bits per heavy atom. The Hall–Kier alpha value is -2.37. The quantitative estimate of drug-likeness (QED) is 0.731. The van der Waals surface area contributed by atoms with Crippen molar-refractivity contribution in [3.8, 4) is 0 Å². The molecule has 0 saturated heterocycles. The van der Waals surface area contributed by atoms with Crippen molar-refractivity contribution < 1.29 is 19.1 Å². The van der Waals surface area contributed by atoms with Crippen LogP contribution in [0.3, 0.4) is 0 Å². The molecule has 0 aromatic heterocycles. The Morgan fingerprint density at radius 2 is 1.92 bits per heavy atom. The van der Waals surface area contributed by atoms with E-state index in [0.29, 0.717) is 0 Å². The van der Waals surface area contributed by atoms with Crippen molar-refractivity contribution in [1.29, 1.82) is 0 Å². The molecular formula is C18H24N2O4. The molecule has 0 aliphatic heterocycles. The van der Waals surface area contributed by atoms with E-state index in [4.69, 9.17) is 4.74 Å². The van der Waals surface area contributed by atoms with E-state index in [1.54, 1.807) is 0 Å². The fourth-order valence-electron chi connectivity index (χ4n) is 2.27. The van der Waals surface area contributed by atoms with Crippen LogP contribution in [0.1, 0.15) is 37.7 Å². The number of ether oxygens (including phenoxy) is 1. The lowest BCUT2D eigenvalue weighted by molar-refractivity contribution is -0.152. The summed E-state index contributed by atoms with van der Waals surface area (Å²) in [6.07, 6.45) is 2.21. The number of benzene rings is 1. The number of hydrogen-bond acceptors (Lipinski definition) is 4. The highest BCUT2D eigenvalue weighted by molar-refractivity contribution is 5.86. The van der Waals surface area contributed by atoms with Crippen molar-refractivity contribution in [3.63, 3.8) is 0 Å². The molecule has 1 aromatic carbocycles. The predicted molar refractivity (Wildman–Crippen MR) is 89.2 cm³/mol. The van der Waals surface area contributed by atoms with Crippen molar-refractivity contribution in [2.24, 2.45) is 0 Å². The molecule has 1 fully saturated rings. The predicted octanol–water partition coefficient (Wildman–Crippen LogP) is 1.46. The second-order valence-electron chi connectivity index (χ2n) is 6.27. The topological polar surface area (TPSA) is 75.7 Å². The van der Waals surface area contributed by atoms with Gasteiger partial charge in [-0.05, 0) is 24.3 Å². The first kappa shape index (κ1) is 18.0. The zero-order chi connectivity index (χ0) is 17.5. The fraction of sp³-hybridized carbons (Fsp3) is 0.500. The van der Waals surface area contributed by atoms with Gasteiger partial charge in [0.2, 0.25) is 5.91 Å². The van der Waals surface area contributed by atoms with Gasteiger partial charge in [-0.2, -0.15) is 0 Å². The number of carbonyl (C=O) groups excluding carboxylic acids is 3. The van der Waals surface area contributed by atoms with Crippen LogP contribution >= 0.6 is 0 Å². The molecule has 6 nitrogen and oxygen atoms in total. The number of nitrogens with one attached hydrogen (secondary N) is 1. The summed E-state index contributed by atoms with van der Waals surface area (Å²) < 4.78 is 5.03. The molecule has 1 N–H and O–H groups in total. The first-order chi connectivity index (χ1) is 11.5. The molecule has 1 saturated carbocycles. The SMILES string of the molecule is C[C@@H](CC(=O)OCC(=O)N(C)CC(=O)NC1CC1)c1ccccc1. The van der Waals surface area contributed by atoms with E-state index in [9.17, 15) is 14.4 Å². The standard InChI is InChI=1S/C18H24N2O4/c1-13(14-6-4-3-5-7-14)10-18(23)24-12-17(22)20(2)11-16(21)19-15-8-9-15/h3-7,13,15H,8-12H2,1-2H3,(H,19,21)/t13-/m0/s1. The largest absolute Gasteiger partial charge is 0.456 e. The third-order valence-electron chi connectivity index (χ3n) is 3.95. The molecular weight excluding hydrogens is 308 g/mol. The molecule has 6 heteroatoms. The van der Waals surface area contributed by atoms with Gasteiger partial charge in [0.25, 0.3) is 5.91 Å². The lowest BCUT2D eigenvalue weighted by Crippen LogP contribution is -2.40. The lowest BCUT2D eigenvalue weighted by atomic mass is 9.98. The second-order valence-corrected chi connectivity index (χ2v) is 6.27. The van der Waals surface area contributed by atoms with Crippen LogP contribution in [0.25, 0.3) is 0 Å². The van der Waals surface area contributed by atoms with Crippen molar-refractivity contribution >= 4 is 17.8 Å². The number of carbonyl (C=O) groups is 3. The summed E-state index contributed by atoms with van der Waals surface area (Å²) in [7, 11) is 1.52. The monoisotopic (exact) mass is 332 g/mol. The number of esters is 1. The molecule has 0 heterocycles. The molecule has 2 amide bonds. The Morgan fingerprint density at radius 3 is 2.54 bits per heavy atom. The Labute approximate surface area is 142 Å². The van der Waals surface area contributed by atoms with E-state index < -0.39 is 5.97 Å². The molecule has 130 valence electrons. The Kier molecular flexibility index (Phi) is 6.35. The first-order valence-corrected chi connectivity index (χ1v) is 8.19. The summed E-state index contributed by atoms with van der Waals surface area (Å²) in [6, 6.07) is 9.93. The molecule has 0 radical (unpaired) electrons. The van der Waals surface area contributed by atoms with Crippen LogP contribution in [0.2, 0.25) is 0 Å². The number of nitrogens with zero attached hydrogens (tertiary/aromatic N) is 1. The smallest absolute Gasteiger partial charge is 0.306 e. The van der Waals surface area contributed by atoms with Gasteiger partial charge in [0, 0.05) is 13.1 Å². The van der Waals surface area contributed by atoms with Crippen molar-refractivity contribution in [2.75, 3.05) is 20.2 Å². The molecule has 2 rings (SSSR count). The third-order valence-corrected chi connectivity index (χ3v) is 3.95. The van der Waals surface area contributed by atoms with Crippen LogP contribution in [-0.2, 0) is 19.1 Å². The maximum Gasteiger partial charge on any atom is 0.306 e. The van der Waals surface area contributed by atoms with Gasteiger partial charge in [-0.15, -0.1) is 0 Å². The van der Waals surface area contributed by atoms with E-state index in [1.165, 1.54) is 11.9 Å². The van der Waals surface area contributed by atoms with E-state index in [0.717, 1.165) is 18.4 Å². The first-order valence-electron chi connectivity index (χ1n) is 8.19. The minimum Gasteiger partial charge on any atom is -0.456 e. The molecule has 1 aromatic rings. The van der Waals surface area contributed by atoms with Gasteiger partial charge in [0.05, 0.1) is 13.0 Å². The van der Waals surface area contributed by atoms with Gasteiger partial charge < -0.3 is 15.0 Å². The van der Waals surface area contributed by atoms with E-state index >= 15 is 0 Å². The van der Waals surface area contributed by atoms with Crippen molar-refractivity contribution in [2.45, 2.75) is 38.1 Å². The highest BCUT2D eigenvalue weighted by atomic mass is 16.5. The average Bonchev–Trinajstić information content (AvgIpc) is 3.37. The zero-order valence-corrected chi connectivity index (χ0v) is 14.2. The summed E-state index contributed by atoms with van der Waals surface area (Å²) in [6.45, 7) is 1.58. The van der Waals surface area contributed by atoms with Crippen LogP contribution in [-0.4, -0.2) is 48.9 Å². The van der Waals surface area contributed by atoms with Gasteiger partial charge in [-0.1, -0.05) is 37.3 Å². The van der Waals surface area contributed by atoms with Gasteiger partial charge in [-0.3, -0.25) is 14.4 Å². The van der Waals surface area contributed by atoms with Crippen LogP contribution in [0.15, 0.2) is 30.3 Å². The summed E-state index contributed by atoms with van der Waals surface area (Å²) in [4.78, 5) is 36.7. The summed E-state index contributed by atoms with van der Waals surface area (Å²) in [5.41, 5.74) is 1.05. The molecule has 0 spiro atoms. The summed E-state index contributed by atoms with van der Waals surface area (Å²) >= 11 is 0. The number of likely N-dealkylation sites (N-methyl/N-ethyl adjacent to an activating group) is 1. The summed E-state index contributed by atoms with van der Waals surface area (Å²) in [5, 5.41) is 2.81. The maximum atomic E-state index is 11.9. The normalized spacial score (nSPS) is 14.6. The minimum atomic E-state index is -0.421. The molecule has 0 bridgehead atoms. The highest BCUT2D eigenvalue weighted by Crippen LogP contribution is 2.19. The van der Waals surface area contributed by atoms with E-state index in [2.05, 4.69) is 5.32 Å². The van der Waals surface area contributed by atoms with Gasteiger partial charge in [0.1, 0.15) is 0 Å². The average molecular weight is 332 g/mol. The number of hydrogen-bond donors (Lipinski definition) is 1. The molecule has 0 unspecified atom stereocenters. The van der Waals surface area contributed by atoms with Crippen LogP contribution in [0.5, 0.6) is 0 Å². The van der Waals surface area contributed by atoms with Crippen LogP contribution in [0.4, 0.5) is 0 Å². The Bertz CT molecular complexity index is 584. The minimum absolute atomic E-state index is 0.0205. The lowest BCUT2D eigenvalue weighted by Gasteiger charge is -2.17. The van der Waals surface area contributed by atoms with Crippen LogP contribution < -0.4 is 5.32 Å². The molecule has 1 aliphatic carbocycles. The molecule has 24 heavy (non-hydrogen) atoms. The second kappa shape index (κ2) is 8.47. The van der Waals surface area contributed by atoms with Crippen molar-refractivity contribution in [1.82, 2.24) is 10.2 Å². The van der Waals surface area contributed by atoms with E-state index in [1.807, 2.05) is 37.3 Å². The van der Waals surface area contributed by atoms with E-state index in [-0.39, 0.29) is 43.3 Å². The Balaban J connectivity index is 1.68. The number of rotatable bonds is 8.